The molecular weight excluding hydrogens is 430 g/mol. The molecule has 0 bridgehead atoms. The van der Waals surface area contributed by atoms with E-state index in [2.05, 4.69) is 20.8 Å². The van der Waals surface area contributed by atoms with E-state index < -0.39 is 15.9 Å². The SMILES string of the molecule is COC[C@]1(C)COc2c([S@](N)(=O)=NC(=O)Nc3c4c(cc5c3CCC5)CCC4)cnn2C1. The topological polar surface area (TPSA) is 121 Å². The Morgan fingerprint density at radius 2 is 2.00 bits per heavy atom. The molecule has 10 heteroatoms. The second-order valence-electron chi connectivity index (χ2n) is 9.33. The van der Waals surface area contributed by atoms with Crippen LogP contribution in [0.25, 0.3) is 0 Å². The summed E-state index contributed by atoms with van der Waals surface area (Å²) < 4.78 is 29.9. The van der Waals surface area contributed by atoms with Gasteiger partial charge in [0.25, 0.3) is 0 Å². The highest BCUT2D eigenvalue weighted by Gasteiger charge is 2.35. The standard InChI is InChI=1S/C22H29N5O4S/c1-22(12-30-2)11-27-20(31-13-22)18(10-24-27)32(23,29)26-21(28)25-19-16-7-3-5-14(16)9-15-6-4-8-17(15)19/h9-10H,3-8,11-13H2,1-2H3,(H3,23,25,26,28,29)/t22-,32-/m1/s1. The number of hydrogen-bond donors (Lipinski definition) is 2. The van der Waals surface area contributed by atoms with Gasteiger partial charge in [-0.2, -0.15) is 5.10 Å². The summed E-state index contributed by atoms with van der Waals surface area (Å²) in [7, 11) is -1.90. The molecular formula is C22H29N5O4S. The van der Waals surface area contributed by atoms with Gasteiger partial charge in [-0.15, -0.1) is 4.36 Å². The number of anilines is 1. The van der Waals surface area contributed by atoms with Crippen molar-refractivity contribution in [1.82, 2.24) is 9.78 Å². The number of methoxy groups -OCH3 is 1. The van der Waals surface area contributed by atoms with E-state index in [1.165, 1.54) is 28.5 Å². The Hall–Kier alpha value is -2.43. The van der Waals surface area contributed by atoms with E-state index in [-0.39, 0.29) is 10.3 Å². The molecule has 0 spiro atoms. The van der Waals surface area contributed by atoms with Crippen LogP contribution in [0.3, 0.4) is 0 Å². The van der Waals surface area contributed by atoms with E-state index in [1.807, 2.05) is 6.92 Å². The molecule has 0 radical (unpaired) electrons. The van der Waals surface area contributed by atoms with Crippen molar-refractivity contribution >= 4 is 21.6 Å². The Morgan fingerprint density at radius 1 is 1.31 bits per heavy atom. The van der Waals surface area contributed by atoms with Gasteiger partial charge in [-0.1, -0.05) is 13.0 Å². The van der Waals surface area contributed by atoms with Crippen molar-refractivity contribution in [3.05, 3.63) is 34.5 Å². The fraction of sp³-hybridized carbons (Fsp3) is 0.545. The second kappa shape index (κ2) is 7.86. The maximum Gasteiger partial charge on any atom is 0.354 e. The van der Waals surface area contributed by atoms with Crippen molar-refractivity contribution in [1.29, 1.82) is 0 Å². The summed E-state index contributed by atoms with van der Waals surface area (Å²) in [6.07, 6.45) is 7.45. The molecule has 1 aromatic carbocycles. The van der Waals surface area contributed by atoms with Gasteiger partial charge in [0.1, 0.15) is 4.90 Å². The molecule has 2 amide bonds. The van der Waals surface area contributed by atoms with Gasteiger partial charge >= 0.3 is 6.03 Å². The molecule has 0 fully saturated rings. The molecule has 32 heavy (non-hydrogen) atoms. The number of aromatic nitrogens is 2. The van der Waals surface area contributed by atoms with Crippen molar-refractivity contribution in [2.75, 3.05) is 25.6 Å². The van der Waals surface area contributed by atoms with E-state index in [4.69, 9.17) is 14.6 Å². The van der Waals surface area contributed by atoms with Crippen LogP contribution in [0.4, 0.5) is 10.5 Å². The summed E-state index contributed by atoms with van der Waals surface area (Å²) in [5.74, 6) is 0.295. The van der Waals surface area contributed by atoms with Crippen molar-refractivity contribution in [2.24, 2.45) is 14.9 Å². The molecule has 2 atom stereocenters. The van der Waals surface area contributed by atoms with Crippen LogP contribution in [-0.2, 0) is 46.9 Å². The van der Waals surface area contributed by atoms with Crippen molar-refractivity contribution in [2.45, 2.75) is 56.9 Å². The van der Waals surface area contributed by atoms with Gasteiger partial charge in [-0.25, -0.2) is 18.8 Å². The Balaban J connectivity index is 1.43. The Labute approximate surface area is 188 Å². The highest BCUT2D eigenvalue weighted by molar-refractivity contribution is 7.91. The summed E-state index contributed by atoms with van der Waals surface area (Å²) in [5.41, 5.74) is 5.55. The van der Waals surface area contributed by atoms with E-state index >= 15 is 0 Å². The van der Waals surface area contributed by atoms with Crippen LogP contribution in [0.2, 0.25) is 0 Å². The van der Waals surface area contributed by atoms with Crippen LogP contribution in [0, 0.1) is 5.41 Å². The first-order valence-electron chi connectivity index (χ1n) is 11.0. The molecule has 2 aliphatic carbocycles. The molecule has 5 rings (SSSR count). The molecule has 0 saturated heterocycles. The number of hydrogen-bond acceptors (Lipinski definition) is 5. The van der Waals surface area contributed by atoms with E-state index in [9.17, 15) is 9.00 Å². The molecule has 1 aromatic heterocycles. The van der Waals surface area contributed by atoms with Crippen LogP contribution in [-0.4, -0.2) is 40.3 Å². The van der Waals surface area contributed by atoms with Gasteiger partial charge in [0, 0.05) is 18.2 Å². The average molecular weight is 460 g/mol. The zero-order valence-electron chi connectivity index (χ0n) is 18.5. The zero-order valence-corrected chi connectivity index (χ0v) is 19.3. The molecule has 2 heterocycles. The van der Waals surface area contributed by atoms with E-state index in [1.54, 1.807) is 11.8 Å². The quantitative estimate of drug-likeness (QED) is 0.728. The number of urea groups is 1. The first-order chi connectivity index (χ1) is 15.3. The van der Waals surface area contributed by atoms with Crippen LogP contribution in [0.1, 0.15) is 42.0 Å². The average Bonchev–Trinajstić information content (AvgIpc) is 3.45. The number of nitrogens with one attached hydrogen (secondary N) is 1. The Kier molecular flexibility index (Phi) is 5.26. The Bertz CT molecular complexity index is 1180. The molecule has 3 aliphatic rings. The number of nitrogens with zero attached hydrogens (tertiary/aromatic N) is 3. The van der Waals surface area contributed by atoms with Gasteiger partial charge in [-0.05, 0) is 60.8 Å². The monoisotopic (exact) mass is 459 g/mol. The molecule has 1 aliphatic heterocycles. The number of carbonyl (C=O) groups is 1. The van der Waals surface area contributed by atoms with Crippen molar-refractivity contribution < 1.29 is 18.5 Å². The summed E-state index contributed by atoms with van der Waals surface area (Å²) >= 11 is 0. The number of nitrogens with two attached hydrogens (primary N) is 1. The highest BCUT2D eigenvalue weighted by atomic mass is 32.2. The number of fused-ring (bicyclic) bond motifs is 3. The van der Waals surface area contributed by atoms with Crippen molar-refractivity contribution in [3.8, 4) is 5.88 Å². The van der Waals surface area contributed by atoms with Gasteiger partial charge < -0.3 is 14.8 Å². The lowest BCUT2D eigenvalue weighted by atomic mass is 9.92. The van der Waals surface area contributed by atoms with Gasteiger partial charge in [-0.3, -0.25) is 0 Å². The maximum atomic E-state index is 13.3. The lowest BCUT2D eigenvalue weighted by Gasteiger charge is -2.33. The third kappa shape index (κ3) is 3.70. The van der Waals surface area contributed by atoms with Crippen LogP contribution in [0.5, 0.6) is 5.88 Å². The third-order valence-corrected chi connectivity index (χ3v) is 7.93. The lowest BCUT2D eigenvalue weighted by molar-refractivity contribution is 0.00897. The van der Waals surface area contributed by atoms with Crippen molar-refractivity contribution in [3.63, 3.8) is 0 Å². The number of benzene rings is 1. The first kappa shape index (κ1) is 21.4. The number of amides is 2. The van der Waals surface area contributed by atoms with Crippen LogP contribution >= 0.6 is 0 Å². The summed E-state index contributed by atoms with van der Waals surface area (Å²) in [4.78, 5) is 13.0. The second-order valence-corrected chi connectivity index (χ2v) is 11.1. The normalized spacial score (nSPS) is 23.0. The fourth-order valence-corrected chi connectivity index (χ4v) is 6.17. The molecule has 0 unspecified atom stereocenters. The van der Waals surface area contributed by atoms with Gasteiger partial charge in [0.2, 0.25) is 5.88 Å². The number of aryl methyl sites for hydroxylation is 2. The van der Waals surface area contributed by atoms with E-state index in [0.717, 1.165) is 44.2 Å². The van der Waals surface area contributed by atoms with E-state index in [0.29, 0.717) is 25.6 Å². The smallest absolute Gasteiger partial charge is 0.354 e. The largest absolute Gasteiger partial charge is 0.476 e. The molecule has 172 valence electrons. The third-order valence-electron chi connectivity index (χ3n) is 6.58. The predicted molar refractivity (Wildman–Crippen MR) is 120 cm³/mol. The summed E-state index contributed by atoms with van der Waals surface area (Å²) in [5, 5.41) is 13.2. The predicted octanol–water partition coefficient (Wildman–Crippen LogP) is 2.84. The fourth-order valence-electron chi connectivity index (χ4n) is 5.17. The molecule has 2 aromatic rings. The summed E-state index contributed by atoms with van der Waals surface area (Å²) in [6, 6.07) is 1.59. The minimum absolute atomic E-state index is 0.135. The number of rotatable bonds is 4. The zero-order chi connectivity index (χ0) is 22.5. The minimum atomic E-state index is -3.53. The molecule has 9 nitrogen and oxygen atoms in total. The maximum absolute atomic E-state index is 13.3. The van der Waals surface area contributed by atoms with Crippen LogP contribution in [0.15, 0.2) is 21.5 Å². The molecule has 0 saturated carbocycles. The lowest BCUT2D eigenvalue weighted by Crippen LogP contribution is -2.39. The first-order valence-corrected chi connectivity index (χ1v) is 12.6. The van der Waals surface area contributed by atoms with Gasteiger partial charge in [0.15, 0.2) is 9.92 Å². The highest BCUT2D eigenvalue weighted by Crippen LogP contribution is 2.39. The molecule has 3 N–H and O–H groups in total. The minimum Gasteiger partial charge on any atom is -0.476 e. The Morgan fingerprint density at radius 3 is 2.66 bits per heavy atom. The summed E-state index contributed by atoms with van der Waals surface area (Å²) in [6.45, 7) is 3.41. The number of ether oxygens (including phenoxy) is 2. The number of carbonyl (C=O) groups excluding carboxylic acids is 1. The van der Waals surface area contributed by atoms with Crippen LogP contribution < -0.4 is 15.2 Å². The van der Waals surface area contributed by atoms with Gasteiger partial charge in [0.05, 0.1) is 26.0 Å².